The van der Waals surface area contributed by atoms with Gasteiger partial charge in [0.05, 0.1) is 0 Å². The fraction of sp³-hybridized carbons (Fsp3) is 0.182. The minimum absolute atomic E-state index is 0.0270. The SMILES string of the molecule is O=C(O)c1cn2cc(CC(O)c3nn[nH]n3)ccc2n1. The molecule has 0 aliphatic heterocycles. The Hall–Kier alpha value is -2.81. The minimum Gasteiger partial charge on any atom is -0.476 e. The largest absolute Gasteiger partial charge is 0.476 e. The van der Waals surface area contributed by atoms with Gasteiger partial charge in [-0.2, -0.15) is 5.21 Å². The van der Waals surface area contributed by atoms with E-state index < -0.39 is 12.1 Å². The Balaban J connectivity index is 1.87. The van der Waals surface area contributed by atoms with Crippen molar-refractivity contribution in [2.45, 2.75) is 12.5 Å². The van der Waals surface area contributed by atoms with Crippen LogP contribution in [-0.2, 0) is 6.42 Å². The minimum atomic E-state index is -1.08. The van der Waals surface area contributed by atoms with E-state index >= 15 is 0 Å². The van der Waals surface area contributed by atoms with Crippen LogP contribution in [0, 0.1) is 0 Å². The second kappa shape index (κ2) is 4.70. The highest BCUT2D eigenvalue weighted by molar-refractivity contribution is 5.86. The molecular formula is C11H10N6O3. The summed E-state index contributed by atoms with van der Waals surface area (Å²) in [6.45, 7) is 0. The fourth-order valence-corrected chi connectivity index (χ4v) is 1.89. The molecule has 9 heteroatoms. The number of fused-ring (bicyclic) bond motifs is 1. The molecule has 0 aromatic carbocycles. The standard InChI is InChI=1S/C11H10N6O3/c18-8(10-13-15-16-14-10)3-6-1-2-9-12-7(11(19)20)5-17(9)4-6/h1-2,4-5,8,18H,3H2,(H,19,20)(H,13,14,15,16). The van der Waals surface area contributed by atoms with E-state index in [1.807, 2.05) is 0 Å². The maximum atomic E-state index is 10.8. The number of H-pyrrole nitrogens is 1. The molecule has 20 heavy (non-hydrogen) atoms. The van der Waals surface area contributed by atoms with Gasteiger partial charge in [-0.1, -0.05) is 11.3 Å². The third-order valence-electron chi connectivity index (χ3n) is 2.82. The summed E-state index contributed by atoms with van der Waals surface area (Å²) < 4.78 is 1.60. The molecule has 0 amide bonds. The predicted molar refractivity (Wildman–Crippen MR) is 65.0 cm³/mol. The number of aromatic carboxylic acids is 1. The van der Waals surface area contributed by atoms with Crippen LogP contribution >= 0.6 is 0 Å². The highest BCUT2D eigenvalue weighted by atomic mass is 16.4. The van der Waals surface area contributed by atoms with Crippen molar-refractivity contribution in [1.82, 2.24) is 30.0 Å². The van der Waals surface area contributed by atoms with E-state index in [9.17, 15) is 9.90 Å². The van der Waals surface area contributed by atoms with E-state index in [0.29, 0.717) is 5.65 Å². The Morgan fingerprint density at radius 2 is 2.25 bits per heavy atom. The van der Waals surface area contributed by atoms with Gasteiger partial charge >= 0.3 is 5.97 Å². The molecule has 0 saturated carbocycles. The van der Waals surface area contributed by atoms with Gasteiger partial charge in [-0.25, -0.2) is 9.78 Å². The molecular weight excluding hydrogens is 264 g/mol. The Morgan fingerprint density at radius 3 is 2.95 bits per heavy atom. The molecule has 0 aliphatic rings. The molecule has 0 radical (unpaired) electrons. The number of nitrogens with zero attached hydrogens (tertiary/aromatic N) is 5. The molecule has 0 aliphatic carbocycles. The Labute approximate surface area is 111 Å². The lowest BCUT2D eigenvalue weighted by Gasteiger charge is -2.06. The number of tetrazole rings is 1. The quantitative estimate of drug-likeness (QED) is 0.601. The molecule has 3 rings (SSSR count). The first-order valence-electron chi connectivity index (χ1n) is 5.76. The second-order valence-electron chi connectivity index (χ2n) is 4.22. The van der Waals surface area contributed by atoms with Crippen molar-refractivity contribution in [3.05, 3.63) is 41.6 Å². The molecule has 102 valence electrons. The van der Waals surface area contributed by atoms with Crippen molar-refractivity contribution in [3.8, 4) is 0 Å². The van der Waals surface area contributed by atoms with Gasteiger partial charge in [0.25, 0.3) is 0 Å². The number of aromatic amines is 1. The number of aromatic nitrogens is 6. The van der Waals surface area contributed by atoms with Gasteiger partial charge in [0.15, 0.2) is 5.69 Å². The number of carboxylic acids is 1. The Morgan fingerprint density at radius 1 is 1.40 bits per heavy atom. The van der Waals surface area contributed by atoms with Crippen molar-refractivity contribution in [2.24, 2.45) is 0 Å². The van der Waals surface area contributed by atoms with Gasteiger partial charge in [-0.05, 0) is 11.6 Å². The van der Waals surface area contributed by atoms with Crippen LogP contribution in [0.25, 0.3) is 5.65 Å². The third kappa shape index (κ3) is 2.21. The van der Waals surface area contributed by atoms with E-state index in [-0.39, 0.29) is 17.9 Å². The number of hydrogen-bond acceptors (Lipinski definition) is 6. The van der Waals surface area contributed by atoms with Gasteiger partial charge in [0, 0.05) is 18.8 Å². The molecule has 1 atom stereocenters. The summed E-state index contributed by atoms with van der Waals surface area (Å²) in [6.07, 6.45) is 2.53. The molecule has 9 nitrogen and oxygen atoms in total. The van der Waals surface area contributed by atoms with Crippen molar-refractivity contribution < 1.29 is 15.0 Å². The van der Waals surface area contributed by atoms with E-state index in [0.717, 1.165) is 5.56 Å². The van der Waals surface area contributed by atoms with E-state index in [4.69, 9.17) is 5.11 Å². The molecule has 0 saturated heterocycles. The lowest BCUT2D eigenvalue weighted by Crippen LogP contribution is -2.04. The maximum Gasteiger partial charge on any atom is 0.356 e. The van der Waals surface area contributed by atoms with Crippen LogP contribution in [0.15, 0.2) is 24.5 Å². The number of hydrogen-bond donors (Lipinski definition) is 3. The Kier molecular flexibility index (Phi) is 2.88. The smallest absolute Gasteiger partial charge is 0.356 e. The molecule has 0 bridgehead atoms. The zero-order chi connectivity index (χ0) is 14.1. The van der Waals surface area contributed by atoms with Crippen LogP contribution in [0.3, 0.4) is 0 Å². The summed E-state index contributed by atoms with van der Waals surface area (Å²) in [5.74, 6) is -0.871. The average molecular weight is 274 g/mol. The number of carboxylic acid groups (broad SMARTS) is 1. The van der Waals surface area contributed by atoms with Crippen LogP contribution in [-0.4, -0.2) is 46.2 Å². The normalized spacial score (nSPS) is 12.7. The first-order valence-corrected chi connectivity index (χ1v) is 5.76. The number of rotatable bonds is 4. The van der Waals surface area contributed by atoms with E-state index in [1.54, 1.807) is 22.7 Å². The number of pyridine rings is 1. The molecule has 3 N–H and O–H groups in total. The third-order valence-corrected chi connectivity index (χ3v) is 2.82. The number of carbonyl (C=O) groups is 1. The van der Waals surface area contributed by atoms with Gasteiger partial charge < -0.3 is 14.6 Å². The number of aliphatic hydroxyl groups excluding tert-OH is 1. The van der Waals surface area contributed by atoms with Crippen LogP contribution in [0.2, 0.25) is 0 Å². The van der Waals surface area contributed by atoms with E-state index in [1.165, 1.54) is 6.20 Å². The highest BCUT2D eigenvalue weighted by Crippen LogP contribution is 2.15. The molecule has 1 unspecified atom stereocenters. The second-order valence-corrected chi connectivity index (χ2v) is 4.22. The topological polar surface area (TPSA) is 129 Å². The number of nitrogens with one attached hydrogen (secondary N) is 1. The zero-order valence-corrected chi connectivity index (χ0v) is 10.1. The fourth-order valence-electron chi connectivity index (χ4n) is 1.89. The number of imidazole rings is 1. The van der Waals surface area contributed by atoms with Crippen molar-refractivity contribution in [3.63, 3.8) is 0 Å². The monoisotopic (exact) mass is 274 g/mol. The van der Waals surface area contributed by atoms with Gasteiger partial charge in [0.2, 0.25) is 5.82 Å². The highest BCUT2D eigenvalue weighted by Gasteiger charge is 2.14. The first-order chi connectivity index (χ1) is 9.63. The van der Waals surface area contributed by atoms with Gasteiger partial charge in [0.1, 0.15) is 11.8 Å². The van der Waals surface area contributed by atoms with Crippen molar-refractivity contribution in [2.75, 3.05) is 0 Å². The zero-order valence-electron chi connectivity index (χ0n) is 10.1. The summed E-state index contributed by atoms with van der Waals surface area (Å²) in [5, 5.41) is 31.9. The average Bonchev–Trinajstić information content (AvgIpc) is 3.07. The maximum absolute atomic E-state index is 10.8. The predicted octanol–water partition coefficient (Wildman–Crippen LogP) is -0.178. The lowest BCUT2D eigenvalue weighted by molar-refractivity contribution is 0.0691. The first kappa shape index (κ1) is 12.2. The van der Waals surface area contributed by atoms with Crippen LogP contribution < -0.4 is 0 Å². The summed E-state index contributed by atoms with van der Waals surface area (Å²) in [5.41, 5.74) is 1.30. The summed E-state index contributed by atoms with van der Waals surface area (Å²) in [7, 11) is 0. The van der Waals surface area contributed by atoms with Gasteiger partial charge in [-0.3, -0.25) is 0 Å². The van der Waals surface area contributed by atoms with Gasteiger partial charge in [-0.15, -0.1) is 10.2 Å². The molecule has 3 aromatic rings. The molecule has 0 fully saturated rings. The van der Waals surface area contributed by atoms with Crippen LogP contribution in [0.4, 0.5) is 0 Å². The van der Waals surface area contributed by atoms with Crippen molar-refractivity contribution >= 4 is 11.6 Å². The van der Waals surface area contributed by atoms with E-state index in [2.05, 4.69) is 25.6 Å². The molecule has 0 spiro atoms. The lowest BCUT2D eigenvalue weighted by atomic mass is 10.1. The molecule has 3 heterocycles. The summed E-state index contributed by atoms with van der Waals surface area (Å²) in [6, 6.07) is 3.45. The Bertz CT molecular complexity index is 751. The summed E-state index contributed by atoms with van der Waals surface area (Å²) in [4.78, 5) is 14.8. The summed E-state index contributed by atoms with van der Waals surface area (Å²) >= 11 is 0. The van der Waals surface area contributed by atoms with Crippen molar-refractivity contribution in [1.29, 1.82) is 0 Å². The van der Waals surface area contributed by atoms with Crippen LogP contribution in [0.5, 0.6) is 0 Å². The molecule has 3 aromatic heterocycles. The number of aliphatic hydroxyl groups is 1. The van der Waals surface area contributed by atoms with Crippen LogP contribution in [0.1, 0.15) is 28.0 Å².